The van der Waals surface area contributed by atoms with Crippen molar-refractivity contribution in [3.8, 4) is 22.6 Å². The maximum atomic E-state index is 12.0. The van der Waals surface area contributed by atoms with Gasteiger partial charge in [0.1, 0.15) is 11.5 Å². The van der Waals surface area contributed by atoms with Crippen LogP contribution in [-0.4, -0.2) is 38.4 Å². The monoisotopic (exact) mass is 532 g/mol. The van der Waals surface area contributed by atoms with E-state index in [1.54, 1.807) is 13.8 Å². The van der Waals surface area contributed by atoms with E-state index in [4.69, 9.17) is 18.9 Å². The maximum absolute atomic E-state index is 12.0. The van der Waals surface area contributed by atoms with E-state index in [1.807, 2.05) is 42.5 Å². The molecule has 0 radical (unpaired) electrons. The number of carbonyl (C=O) groups is 2. The first kappa shape index (κ1) is 29.8. The SMILES string of the molecule is CCOC(=O)C(CCCCCCOc1ccc(-c2ccc(OCCc3ccccc3)cc2)cc1)C(=O)OCC. The molecule has 0 atom stereocenters. The summed E-state index contributed by atoms with van der Waals surface area (Å²) in [5, 5.41) is 0. The molecule has 0 unspecified atom stereocenters. The van der Waals surface area contributed by atoms with Gasteiger partial charge in [-0.1, -0.05) is 73.9 Å². The molecule has 6 heteroatoms. The van der Waals surface area contributed by atoms with E-state index in [9.17, 15) is 9.59 Å². The fraction of sp³-hybridized carbons (Fsp3) is 0.394. The van der Waals surface area contributed by atoms with Gasteiger partial charge in [0.05, 0.1) is 26.4 Å². The summed E-state index contributed by atoms with van der Waals surface area (Å²) in [5.41, 5.74) is 3.52. The number of esters is 2. The van der Waals surface area contributed by atoms with Crippen molar-refractivity contribution in [1.29, 1.82) is 0 Å². The number of benzene rings is 3. The van der Waals surface area contributed by atoms with Gasteiger partial charge in [-0.05, 0) is 67.6 Å². The quantitative estimate of drug-likeness (QED) is 0.105. The van der Waals surface area contributed by atoms with Crippen LogP contribution in [0.1, 0.15) is 51.5 Å². The Balaban J connectivity index is 1.33. The van der Waals surface area contributed by atoms with Crippen LogP contribution >= 0.6 is 0 Å². The average molecular weight is 533 g/mol. The molecule has 3 rings (SSSR count). The summed E-state index contributed by atoms with van der Waals surface area (Å²) < 4.78 is 21.8. The zero-order valence-electron chi connectivity index (χ0n) is 23.1. The standard InChI is InChI=1S/C33H40O6/c1-3-36-32(34)31(33(35)37-4-2)14-10-5-6-11-24-38-29-19-15-27(16-20-29)28-17-21-30(22-18-28)39-25-23-26-12-8-7-9-13-26/h7-9,12-13,15-22,31H,3-6,10-11,14,23-25H2,1-2H3. The third kappa shape index (κ3) is 10.5. The number of unbranched alkanes of at least 4 members (excludes halogenated alkanes) is 3. The van der Waals surface area contributed by atoms with Crippen molar-refractivity contribution in [2.24, 2.45) is 5.92 Å². The van der Waals surface area contributed by atoms with Crippen LogP contribution in [0.3, 0.4) is 0 Å². The van der Waals surface area contributed by atoms with Gasteiger partial charge in [-0.25, -0.2) is 0 Å². The lowest BCUT2D eigenvalue weighted by Crippen LogP contribution is -2.28. The normalized spacial score (nSPS) is 10.7. The highest BCUT2D eigenvalue weighted by Crippen LogP contribution is 2.25. The van der Waals surface area contributed by atoms with Crippen molar-refractivity contribution in [3.05, 3.63) is 84.4 Å². The molecule has 0 amide bonds. The molecule has 208 valence electrons. The molecule has 0 saturated carbocycles. The van der Waals surface area contributed by atoms with Gasteiger partial charge < -0.3 is 18.9 Å². The molecule has 0 aliphatic heterocycles. The predicted molar refractivity (Wildman–Crippen MR) is 153 cm³/mol. The molecule has 6 nitrogen and oxygen atoms in total. The second kappa shape index (κ2) is 16.9. The number of carbonyl (C=O) groups excluding carboxylic acids is 2. The number of rotatable bonds is 17. The van der Waals surface area contributed by atoms with Crippen LogP contribution in [0.5, 0.6) is 11.5 Å². The van der Waals surface area contributed by atoms with Gasteiger partial charge in [0, 0.05) is 6.42 Å². The van der Waals surface area contributed by atoms with Crippen molar-refractivity contribution >= 4 is 11.9 Å². The molecule has 0 bridgehead atoms. The highest BCUT2D eigenvalue weighted by Gasteiger charge is 2.28. The summed E-state index contributed by atoms with van der Waals surface area (Å²) in [7, 11) is 0. The fourth-order valence-electron chi connectivity index (χ4n) is 4.23. The number of ether oxygens (including phenoxy) is 4. The summed E-state index contributed by atoms with van der Waals surface area (Å²) in [5.74, 6) is -0.115. The van der Waals surface area contributed by atoms with Crippen molar-refractivity contribution in [3.63, 3.8) is 0 Å². The van der Waals surface area contributed by atoms with E-state index < -0.39 is 17.9 Å². The second-order valence-electron chi connectivity index (χ2n) is 9.24. The Morgan fingerprint density at radius 1 is 0.615 bits per heavy atom. The largest absolute Gasteiger partial charge is 0.494 e. The molecular weight excluding hydrogens is 492 g/mol. The first-order chi connectivity index (χ1) is 19.1. The van der Waals surface area contributed by atoms with Gasteiger partial charge in [-0.2, -0.15) is 0 Å². The smallest absolute Gasteiger partial charge is 0.320 e. The third-order valence-corrected chi connectivity index (χ3v) is 6.34. The highest BCUT2D eigenvalue weighted by atomic mass is 16.6. The molecule has 0 heterocycles. The topological polar surface area (TPSA) is 71.1 Å². The van der Waals surface area contributed by atoms with E-state index in [1.165, 1.54) is 5.56 Å². The zero-order valence-corrected chi connectivity index (χ0v) is 23.1. The summed E-state index contributed by atoms with van der Waals surface area (Å²) in [4.78, 5) is 24.1. The Labute approximate surface area is 232 Å². The minimum Gasteiger partial charge on any atom is -0.494 e. The Morgan fingerprint density at radius 3 is 1.67 bits per heavy atom. The minimum absolute atomic E-state index is 0.254. The van der Waals surface area contributed by atoms with Crippen molar-refractivity contribution in [2.45, 2.75) is 52.4 Å². The fourth-order valence-corrected chi connectivity index (χ4v) is 4.23. The molecule has 0 fully saturated rings. The Hall–Kier alpha value is -3.80. The van der Waals surface area contributed by atoms with E-state index >= 15 is 0 Å². The van der Waals surface area contributed by atoms with Gasteiger partial charge in [0.2, 0.25) is 0 Å². The van der Waals surface area contributed by atoms with Gasteiger partial charge in [0.15, 0.2) is 5.92 Å². The summed E-state index contributed by atoms with van der Waals surface area (Å²) >= 11 is 0. The Bertz CT molecular complexity index is 1090. The molecule has 0 aliphatic rings. The second-order valence-corrected chi connectivity index (χ2v) is 9.24. The van der Waals surface area contributed by atoms with Gasteiger partial charge >= 0.3 is 11.9 Å². The summed E-state index contributed by atoms with van der Waals surface area (Å²) in [6.45, 7) is 5.24. The van der Waals surface area contributed by atoms with E-state index in [0.29, 0.717) is 19.6 Å². The molecule has 0 aromatic heterocycles. The van der Waals surface area contributed by atoms with E-state index in [0.717, 1.165) is 54.7 Å². The van der Waals surface area contributed by atoms with Gasteiger partial charge in [-0.15, -0.1) is 0 Å². The highest BCUT2D eigenvalue weighted by molar-refractivity contribution is 5.94. The average Bonchev–Trinajstić information content (AvgIpc) is 2.96. The van der Waals surface area contributed by atoms with Crippen LogP contribution in [0.4, 0.5) is 0 Å². The Morgan fingerprint density at radius 2 is 1.13 bits per heavy atom. The van der Waals surface area contributed by atoms with Crippen molar-refractivity contribution in [1.82, 2.24) is 0 Å². The van der Waals surface area contributed by atoms with Crippen LogP contribution in [0.25, 0.3) is 11.1 Å². The van der Waals surface area contributed by atoms with E-state index in [2.05, 4.69) is 36.4 Å². The third-order valence-electron chi connectivity index (χ3n) is 6.34. The first-order valence-corrected chi connectivity index (χ1v) is 13.9. The molecule has 39 heavy (non-hydrogen) atoms. The zero-order chi connectivity index (χ0) is 27.7. The van der Waals surface area contributed by atoms with Crippen LogP contribution in [0.2, 0.25) is 0 Å². The van der Waals surface area contributed by atoms with Crippen LogP contribution in [-0.2, 0) is 25.5 Å². The summed E-state index contributed by atoms with van der Waals surface area (Å²) in [6, 6.07) is 26.6. The summed E-state index contributed by atoms with van der Waals surface area (Å²) in [6.07, 6.45) is 4.85. The van der Waals surface area contributed by atoms with Crippen LogP contribution < -0.4 is 9.47 Å². The minimum atomic E-state index is -0.831. The van der Waals surface area contributed by atoms with Crippen LogP contribution in [0.15, 0.2) is 78.9 Å². The lowest BCUT2D eigenvalue weighted by atomic mass is 10.0. The van der Waals surface area contributed by atoms with Crippen molar-refractivity contribution < 1.29 is 28.5 Å². The molecule has 3 aromatic rings. The predicted octanol–water partition coefficient (Wildman–Crippen LogP) is 7.05. The molecule has 0 spiro atoms. The van der Waals surface area contributed by atoms with Crippen molar-refractivity contribution in [2.75, 3.05) is 26.4 Å². The molecule has 0 aliphatic carbocycles. The Kier molecular flexibility index (Phi) is 12.9. The lowest BCUT2D eigenvalue weighted by molar-refractivity contribution is -0.161. The van der Waals surface area contributed by atoms with Crippen LogP contribution in [0, 0.1) is 5.92 Å². The first-order valence-electron chi connectivity index (χ1n) is 13.9. The number of hydrogen-bond donors (Lipinski definition) is 0. The molecule has 0 saturated heterocycles. The van der Waals surface area contributed by atoms with E-state index in [-0.39, 0.29) is 13.2 Å². The van der Waals surface area contributed by atoms with Gasteiger partial charge in [0.25, 0.3) is 0 Å². The van der Waals surface area contributed by atoms with Gasteiger partial charge in [-0.3, -0.25) is 9.59 Å². The molecular formula is C33H40O6. The molecule has 0 N–H and O–H groups in total. The number of hydrogen-bond acceptors (Lipinski definition) is 6. The maximum Gasteiger partial charge on any atom is 0.320 e. The molecule has 3 aromatic carbocycles. The lowest BCUT2D eigenvalue weighted by Gasteiger charge is -2.14.